The molecular weight excluding hydrogens is 376 g/mol. The van der Waals surface area contributed by atoms with E-state index in [1.54, 1.807) is 19.5 Å². The van der Waals surface area contributed by atoms with Gasteiger partial charge in [0.2, 0.25) is 0 Å². The van der Waals surface area contributed by atoms with Gasteiger partial charge in [0, 0.05) is 73.9 Å². The molecule has 5 rings (SSSR count). The quantitative estimate of drug-likeness (QED) is 0.511. The number of hydrogen-bond donors (Lipinski definition) is 0. The molecule has 0 atom stereocenters. The molecule has 0 amide bonds. The highest BCUT2D eigenvalue weighted by atomic mass is 16.5. The minimum atomic E-state index is 0.695. The van der Waals surface area contributed by atoms with E-state index in [0.29, 0.717) is 5.82 Å². The Balaban J connectivity index is 1.39. The predicted molar refractivity (Wildman–Crippen MR) is 115 cm³/mol. The number of nitrogens with zero attached hydrogens (tertiary/aromatic N) is 6. The number of hydrogen-bond acceptors (Lipinski definition) is 6. The lowest BCUT2D eigenvalue weighted by atomic mass is 10.1. The highest BCUT2D eigenvalue weighted by Gasteiger charge is 2.20. The van der Waals surface area contributed by atoms with Crippen LogP contribution >= 0.6 is 0 Å². The topological polar surface area (TPSA) is 69.0 Å². The van der Waals surface area contributed by atoms with Crippen molar-refractivity contribution in [3.8, 4) is 17.1 Å². The number of aromatic nitrogens is 5. The van der Waals surface area contributed by atoms with Crippen LogP contribution < -0.4 is 4.74 Å². The number of fused-ring (bicyclic) bond motifs is 2. The Morgan fingerprint density at radius 3 is 2.80 bits per heavy atom. The Morgan fingerprint density at radius 2 is 2.00 bits per heavy atom. The van der Waals surface area contributed by atoms with Crippen LogP contribution in [-0.4, -0.2) is 43.1 Å². The molecule has 0 spiro atoms. The molecule has 7 nitrogen and oxygen atoms in total. The second-order valence-corrected chi connectivity index (χ2v) is 7.58. The van der Waals surface area contributed by atoms with E-state index in [9.17, 15) is 0 Å². The van der Waals surface area contributed by atoms with E-state index in [1.165, 1.54) is 28.4 Å². The lowest BCUT2D eigenvalue weighted by Crippen LogP contribution is -2.30. The van der Waals surface area contributed by atoms with Gasteiger partial charge in [0.25, 0.3) is 0 Å². The fourth-order valence-corrected chi connectivity index (χ4v) is 4.17. The van der Waals surface area contributed by atoms with E-state index >= 15 is 0 Å². The monoisotopic (exact) mass is 400 g/mol. The van der Waals surface area contributed by atoms with Gasteiger partial charge in [-0.3, -0.25) is 4.90 Å². The molecule has 4 heterocycles. The largest absolute Gasteiger partial charge is 0.497 e. The third kappa shape index (κ3) is 3.41. The maximum Gasteiger partial charge on any atom is 0.162 e. The van der Waals surface area contributed by atoms with Crippen molar-refractivity contribution in [2.45, 2.75) is 33.0 Å². The van der Waals surface area contributed by atoms with Crippen molar-refractivity contribution in [2.75, 3.05) is 13.7 Å². The molecule has 30 heavy (non-hydrogen) atoms. The average Bonchev–Trinajstić information content (AvgIpc) is 3.16. The number of methoxy groups -OCH3 is 1. The molecule has 1 aromatic carbocycles. The Morgan fingerprint density at radius 1 is 1.13 bits per heavy atom. The minimum absolute atomic E-state index is 0.695. The lowest BCUT2D eigenvalue weighted by Gasteiger charge is -2.27. The summed E-state index contributed by atoms with van der Waals surface area (Å²) in [5.41, 5.74) is 5.75. The molecule has 0 radical (unpaired) electrons. The molecule has 1 aliphatic heterocycles. The van der Waals surface area contributed by atoms with Gasteiger partial charge in [0.1, 0.15) is 12.1 Å². The Kier molecular flexibility index (Phi) is 4.88. The van der Waals surface area contributed by atoms with Crippen molar-refractivity contribution in [3.05, 3.63) is 66.1 Å². The summed E-state index contributed by atoms with van der Waals surface area (Å²) in [6.07, 6.45) is 10.2. The first-order valence-corrected chi connectivity index (χ1v) is 10.2. The van der Waals surface area contributed by atoms with Gasteiger partial charge in [-0.15, -0.1) is 0 Å². The van der Waals surface area contributed by atoms with Crippen LogP contribution in [0.2, 0.25) is 0 Å². The smallest absolute Gasteiger partial charge is 0.162 e. The van der Waals surface area contributed by atoms with Crippen molar-refractivity contribution in [3.63, 3.8) is 0 Å². The summed E-state index contributed by atoms with van der Waals surface area (Å²) >= 11 is 0. The van der Waals surface area contributed by atoms with Crippen LogP contribution in [0.15, 0.2) is 49.3 Å². The summed E-state index contributed by atoms with van der Waals surface area (Å²) in [4.78, 5) is 19.9. The molecule has 0 unspecified atom stereocenters. The molecule has 0 saturated carbocycles. The van der Waals surface area contributed by atoms with Crippen molar-refractivity contribution in [2.24, 2.45) is 0 Å². The third-order valence-electron chi connectivity index (χ3n) is 5.74. The zero-order chi connectivity index (χ0) is 20.5. The summed E-state index contributed by atoms with van der Waals surface area (Å²) < 4.78 is 7.76. The molecule has 4 aromatic rings. The minimum Gasteiger partial charge on any atom is -0.497 e. The fourth-order valence-electron chi connectivity index (χ4n) is 4.17. The molecule has 0 saturated heterocycles. The van der Waals surface area contributed by atoms with Gasteiger partial charge in [-0.25, -0.2) is 19.9 Å². The van der Waals surface area contributed by atoms with E-state index in [1.807, 2.05) is 12.3 Å². The SMILES string of the molecule is CCn1cc(CN2CCc3nc(-c4cncnc4)ncc3C2)c2cc(OC)ccc21. The maximum absolute atomic E-state index is 5.46. The van der Waals surface area contributed by atoms with Crippen LogP contribution in [0.3, 0.4) is 0 Å². The highest BCUT2D eigenvalue weighted by molar-refractivity contribution is 5.85. The molecular formula is C23H24N6O. The molecule has 152 valence electrons. The molecule has 0 N–H and O–H groups in total. The molecule has 0 fully saturated rings. The van der Waals surface area contributed by atoms with Crippen LogP contribution in [0.1, 0.15) is 23.7 Å². The van der Waals surface area contributed by atoms with E-state index in [0.717, 1.165) is 49.6 Å². The highest BCUT2D eigenvalue weighted by Crippen LogP contribution is 2.29. The predicted octanol–water partition coefficient (Wildman–Crippen LogP) is 3.48. The zero-order valence-electron chi connectivity index (χ0n) is 17.2. The lowest BCUT2D eigenvalue weighted by molar-refractivity contribution is 0.243. The summed E-state index contributed by atoms with van der Waals surface area (Å²) in [5.74, 6) is 1.59. The summed E-state index contributed by atoms with van der Waals surface area (Å²) in [6.45, 7) is 5.84. The average molecular weight is 400 g/mol. The number of ether oxygens (including phenoxy) is 1. The van der Waals surface area contributed by atoms with Crippen LogP contribution in [0.4, 0.5) is 0 Å². The van der Waals surface area contributed by atoms with Crippen LogP contribution in [0.25, 0.3) is 22.3 Å². The van der Waals surface area contributed by atoms with Crippen LogP contribution in [-0.2, 0) is 26.1 Å². The van der Waals surface area contributed by atoms with Gasteiger partial charge in [-0.1, -0.05) is 0 Å². The van der Waals surface area contributed by atoms with Crippen molar-refractivity contribution in [1.29, 1.82) is 0 Å². The summed E-state index contributed by atoms with van der Waals surface area (Å²) in [6, 6.07) is 6.32. The van der Waals surface area contributed by atoms with Crippen molar-refractivity contribution in [1.82, 2.24) is 29.4 Å². The van der Waals surface area contributed by atoms with Gasteiger partial charge in [-0.2, -0.15) is 0 Å². The van der Waals surface area contributed by atoms with Crippen LogP contribution in [0, 0.1) is 0 Å². The number of benzene rings is 1. The van der Waals surface area contributed by atoms with Gasteiger partial charge in [-0.05, 0) is 30.7 Å². The molecule has 0 bridgehead atoms. The second-order valence-electron chi connectivity index (χ2n) is 7.58. The van der Waals surface area contributed by atoms with Crippen LogP contribution in [0.5, 0.6) is 5.75 Å². The zero-order valence-corrected chi connectivity index (χ0v) is 17.2. The molecule has 3 aromatic heterocycles. The summed E-state index contributed by atoms with van der Waals surface area (Å²) in [5, 5.41) is 1.26. The van der Waals surface area contributed by atoms with E-state index in [-0.39, 0.29) is 0 Å². The van der Waals surface area contributed by atoms with Gasteiger partial charge in [0.05, 0.1) is 18.4 Å². The first kappa shape index (κ1) is 18.7. The van der Waals surface area contributed by atoms with E-state index < -0.39 is 0 Å². The van der Waals surface area contributed by atoms with E-state index in [4.69, 9.17) is 9.72 Å². The molecule has 0 aliphatic carbocycles. The van der Waals surface area contributed by atoms with Crippen molar-refractivity contribution < 1.29 is 4.74 Å². The van der Waals surface area contributed by atoms with Gasteiger partial charge >= 0.3 is 0 Å². The van der Waals surface area contributed by atoms with Gasteiger partial charge in [0.15, 0.2) is 5.82 Å². The van der Waals surface area contributed by atoms with Gasteiger partial charge < -0.3 is 9.30 Å². The fraction of sp³-hybridized carbons (Fsp3) is 0.304. The second kappa shape index (κ2) is 7.84. The van der Waals surface area contributed by atoms with Crippen molar-refractivity contribution >= 4 is 10.9 Å². The normalized spacial score (nSPS) is 14.1. The molecule has 1 aliphatic rings. The standard InChI is InChI=1S/C23H24N6O/c1-3-29-14-18(20-8-19(30-2)4-5-22(20)29)13-28-7-6-21-17(12-28)11-26-23(27-21)16-9-24-15-25-10-16/h4-5,8-11,14-15H,3,6-7,12-13H2,1-2H3. The Hall–Kier alpha value is -3.32. The number of rotatable bonds is 5. The summed E-state index contributed by atoms with van der Waals surface area (Å²) in [7, 11) is 1.72. The third-order valence-corrected chi connectivity index (χ3v) is 5.74. The first-order valence-electron chi connectivity index (χ1n) is 10.2. The van der Waals surface area contributed by atoms with E-state index in [2.05, 4.69) is 49.7 Å². The Labute approximate surface area is 175 Å². The maximum atomic E-state index is 5.46. The Bertz CT molecular complexity index is 1190. The molecule has 7 heteroatoms. The number of aryl methyl sites for hydroxylation is 1. The first-order chi connectivity index (χ1) is 14.7.